The molecule has 11 heteroatoms. The second-order valence-electron chi connectivity index (χ2n) is 7.79. The molecule has 0 saturated carbocycles. The van der Waals surface area contributed by atoms with Gasteiger partial charge in [0.05, 0.1) is 5.25 Å². The fraction of sp³-hybridized carbons (Fsp3) is 0.789. The van der Waals surface area contributed by atoms with Gasteiger partial charge in [-0.25, -0.2) is 0 Å². The molecule has 10 nitrogen and oxygen atoms in total. The number of rotatable bonds is 7. The van der Waals surface area contributed by atoms with Crippen molar-refractivity contribution in [2.45, 2.75) is 86.8 Å². The van der Waals surface area contributed by atoms with Crippen LogP contribution in [0.3, 0.4) is 0 Å². The molecule has 2 unspecified atom stereocenters. The lowest BCUT2D eigenvalue weighted by Crippen LogP contribution is -2.85. The number of ether oxygens (including phenoxy) is 2. The van der Waals surface area contributed by atoms with Crippen molar-refractivity contribution in [3.63, 3.8) is 0 Å². The minimum absolute atomic E-state index is 0.342. The molecule has 170 valence electrons. The van der Waals surface area contributed by atoms with Crippen LogP contribution in [0.4, 0.5) is 0 Å². The number of aliphatic hydroxyl groups excluding tert-OH is 1. The predicted octanol–water partition coefficient (Wildman–Crippen LogP) is -1.12. The van der Waals surface area contributed by atoms with E-state index in [4.69, 9.17) is 9.47 Å². The smallest absolute Gasteiger partial charge is 0.199 e. The SMILES string of the molecule is CC(=O)C(O)[C@@H]1S[C@H](OC2CCCCO2)[C@@](O)(C(C)=O)[C@](O)(C(C)=O)[C@@]1(O)C(C)=O. The Morgan fingerprint density at radius 2 is 1.53 bits per heavy atom. The summed E-state index contributed by atoms with van der Waals surface area (Å²) in [7, 11) is 0. The lowest BCUT2D eigenvalue weighted by atomic mass is 9.62. The van der Waals surface area contributed by atoms with Crippen molar-refractivity contribution < 1.29 is 49.1 Å². The van der Waals surface area contributed by atoms with Gasteiger partial charge in [-0.3, -0.25) is 19.2 Å². The number of carbonyl (C=O) groups excluding carboxylic acids is 4. The van der Waals surface area contributed by atoms with Gasteiger partial charge >= 0.3 is 0 Å². The van der Waals surface area contributed by atoms with Crippen LogP contribution in [-0.2, 0) is 28.7 Å². The lowest BCUT2D eigenvalue weighted by molar-refractivity contribution is -0.269. The van der Waals surface area contributed by atoms with Gasteiger partial charge < -0.3 is 29.9 Å². The summed E-state index contributed by atoms with van der Waals surface area (Å²) in [4.78, 5) is 49.5. The Kier molecular flexibility index (Phi) is 7.29. The van der Waals surface area contributed by atoms with Crippen molar-refractivity contribution >= 4 is 34.9 Å². The number of hydrogen-bond donors (Lipinski definition) is 4. The standard InChI is InChI=1S/C19H28O10S/c1-9(20)14(24)15-17(25,10(2)21)19(27,12(4)23)18(26,11(3)22)16(30-15)29-13-7-5-6-8-28-13/h13-16,24-27H,5-8H2,1-4H3/t13?,14?,15-,16-,17+,18-,19-/m0/s1. The number of thioether (sulfide) groups is 1. The highest BCUT2D eigenvalue weighted by molar-refractivity contribution is 8.00. The van der Waals surface area contributed by atoms with Gasteiger partial charge in [0.25, 0.3) is 0 Å². The summed E-state index contributed by atoms with van der Waals surface area (Å²) in [6, 6.07) is 0. The normalized spacial score (nSPS) is 40.5. The fourth-order valence-electron chi connectivity index (χ4n) is 4.01. The molecule has 0 radical (unpaired) electrons. The van der Waals surface area contributed by atoms with Crippen molar-refractivity contribution in [2.75, 3.05) is 6.61 Å². The van der Waals surface area contributed by atoms with Gasteiger partial charge in [0.15, 0.2) is 46.2 Å². The maximum Gasteiger partial charge on any atom is 0.199 e. The van der Waals surface area contributed by atoms with Crippen LogP contribution in [-0.4, -0.2) is 90.0 Å². The second-order valence-corrected chi connectivity index (χ2v) is 9.00. The van der Waals surface area contributed by atoms with E-state index in [2.05, 4.69) is 0 Å². The highest BCUT2D eigenvalue weighted by Crippen LogP contribution is 2.54. The summed E-state index contributed by atoms with van der Waals surface area (Å²) >= 11 is 0.425. The average Bonchev–Trinajstić information content (AvgIpc) is 2.67. The van der Waals surface area contributed by atoms with E-state index < -0.39 is 63.0 Å². The first-order valence-corrected chi connectivity index (χ1v) is 10.5. The van der Waals surface area contributed by atoms with Crippen LogP contribution in [0.15, 0.2) is 0 Å². The zero-order valence-electron chi connectivity index (χ0n) is 17.3. The molecule has 0 aliphatic carbocycles. The van der Waals surface area contributed by atoms with Gasteiger partial charge in [0.1, 0.15) is 11.5 Å². The Morgan fingerprint density at radius 1 is 0.967 bits per heavy atom. The quantitative estimate of drug-likeness (QED) is 0.372. The molecule has 0 aromatic heterocycles. The first kappa shape index (κ1) is 25.1. The number of Topliss-reactive ketones (excluding diaryl/α,β-unsaturated/α-hetero) is 4. The summed E-state index contributed by atoms with van der Waals surface area (Å²) in [5, 5.41) is 42.6. The molecule has 7 atom stereocenters. The molecule has 0 aromatic carbocycles. The molecule has 2 fully saturated rings. The van der Waals surface area contributed by atoms with Crippen molar-refractivity contribution in [3.8, 4) is 0 Å². The maximum atomic E-state index is 12.6. The summed E-state index contributed by atoms with van der Waals surface area (Å²) < 4.78 is 11.1. The van der Waals surface area contributed by atoms with Crippen LogP contribution < -0.4 is 0 Å². The summed E-state index contributed by atoms with van der Waals surface area (Å²) in [6.45, 7) is 3.80. The third-order valence-electron chi connectivity index (χ3n) is 5.83. The Labute approximate surface area is 177 Å². The van der Waals surface area contributed by atoms with Gasteiger partial charge in [-0.1, -0.05) is 0 Å². The van der Waals surface area contributed by atoms with Crippen LogP contribution in [0.1, 0.15) is 47.0 Å². The van der Waals surface area contributed by atoms with Crippen LogP contribution in [0.25, 0.3) is 0 Å². The van der Waals surface area contributed by atoms with Crippen LogP contribution in [0.5, 0.6) is 0 Å². The average molecular weight is 448 g/mol. The molecular weight excluding hydrogens is 420 g/mol. The monoisotopic (exact) mass is 448 g/mol. The third kappa shape index (κ3) is 3.56. The Balaban J connectivity index is 2.72. The third-order valence-corrected chi connectivity index (χ3v) is 7.42. The van der Waals surface area contributed by atoms with E-state index >= 15 is 0 Å². The Hall–Kier alpha value is -1.21. The number of aliphatic hydroxyl groups is 4. The molecule has 30 heavy (non-hydrogen) atoms. The second kappa shape index (κ2) is 8.73. The number of hydrogen-bond acceptors (Lipinski definition) is 11. The minimum Gasteiger partial charge on any atom is -0.384 e. The topological polar surface area (TPSA) is 168 Å². The van der Waals surface area contributed by atoms with Crippen molar-refractivity contribution in [3.05, 3.63) is 0 Å². The lowest BCUT2D eigenvalue weighted by Gasteiger charge is -2.58. The first-order chi connectivity index (χ1) is 13.8. The molecule has 0 spiro atoms. The van der Waals surface area contributed by atoms with Gasteiger partial charge in [0, 0.05) is 6.61 Å². The van der Waals surface area contributed by atoms with Crippen molar-refractivity contribution in [1.29, 1.82) is 0 Å². The van der Waals surface area contributed by atoms with E-state index in [0.29, 0.717) is 31.2 Å². The molecule has 2 heterocycles. The molecule has 2 aliphatic heterocycles. The largest absolute Gasteiger partial charge is 0.384 e. The van der Waals surface area contributed by atoms with Crippen molar-refractivity contribution in [1.82, 2.24) is 0 Å². The number of ketones is 4. The fourth-order valence-corrected chi connectivity index (χ4v) is 5.87. The molecule has 0 aromatic rings. The predicted molar refractivity (Wildman–Crippen MR) is 103 cm³/mol. The molecule has 2 aliphatic rings. The molecule has 2 saturated heterocycles. The summed E-state index contributed by atoms with van der Waals surface area (Å²) in [6.07, 6.45) is -1.04. The van der Waals surface area contributed by atoms with E-state index in [1.807, 2.05) is 0 Å². The molecule has 0 amide bonds. The van der Waals surface area contributed by atoms with Gasteiger partial charge in [-0.15, -0.1) is 11.8 Å². The van der Waals surface area contributed by atoms with E-state index in [1.165, 1.54) is 0 Å². The summed E-state index contributed by atoms with van der Waals surface area (Å²) in [5.74, 6) is -4.54. The Bertz CT molecular complexity index is 735. The zero-order valence-corrected chi connectivity index (χ0v) is 18.1. The van der Waals surface area contributed by atoms with Gasteiger partial charge in [-0.05, 0) is 47.0 Å². The van der Waals surface area contributed by atoms with E-state index in [0.717, 1.165) is 34.1 Å². The highest BCUT2D eigenvalue weighted by Gasteiger charge is 2.79. The molecule has 2 rings (SSSR count). The van der Waals surface area contributed by atoms with Crippen LogP contribution in [0, 0.1) is 0 Å². The van der Waals surface area contributed by atoms with E-state index in [-0.39, 0.29) is 0 Å². The van der Waals surface area contributed by atoms with Crippen LogP contribution >= 0.6 is 11.8 Å². The first-order valence-electron chi connectivity index (χ1n) is 9.57. The molecule has 4 N–H and O–H groups in total. The number of carbonyl (C=O) groups is 4. The van der Waals surface area contributed by atoms with Crippen molar-refractivity contribution in [2.24, 2.45) is 0 Å². The summed E-state index contributed by atoms with van der Waals surface area (Å²) in [5.41, 5.74) is -11.4. The maximum absolute atomic E-state index is 12.6. The highest BCUT2D eigenvalue weighted by atomic mass is 32.2. The Morgan fingerprint density at radius 3 is 1.93 bits per heavy atom. The molecule has 0 bridgehead atoms. The van der Waals surface area contributed by atoms with E-state index in [1.54, 1.807) is 0 Å². The van der Waals surface area contributed by atoms with Crippen LogP contribution in [0.2, 0.25) is 0 Å². The van der Waals surface area contributed by atoms with Gasteiger partial charge in [-0.2, -0.15) is 0 Å². The van der Waals surface area contributed by atoms with Gasteiger partial charge in [0.2, 0.25) is 0 Å². The van der Waals surface area contributed by atoms with E-state index in [9.17, 15) is 39.6 Å². The zero-order chi connectivity index (χ0) is 23.1. The molecular formula is C19H28O10S. The minimum atomic E-state index is -3.40.